The predicted molar refractivity (Wildman–Crippen MR) is 61.9 cm³/mol. The molecule has 0 radical (unpaired) electrons. The molecule has 2 unspecified atom stereocenters. The van der Waals surface area contributed by atoms with E-state index in [1.54, 1.807) is 6.26 Å². The van der Waals surface area contributed by atoms with Gasteiger partial charge in [-0.2, -0.15) is 0 Å². The minimum absolute atomic E-state index is 0.137. The largest absolute Gasteiger partial charge is 0.468 e. The molecule has 4 nitrogen and oxygen atoms in total. The summed E-state index contributed by atoms with van der Waals surface area (Å²) >= 11 is 0. The van der Waals surface area contributed by atoms with Crippen molar-refractivity contribution in [1.29, 1.82) is 0 Å². The molecular formula is C11H17NO3S. The molecule has 2 rings (SSSR count). The zero-order chi connectivity index (χ0) is 11.6. The highest BCUT2D eigenvalue weighted by atomic mass is 32.2. The molecular weight excluding hydrogens is 226 g/mol. The zero-order valence-electron chi connectivity index (χ0n) is 9.35. The van der Waals surface area contributed by atoms with Gasteiger partial charge >= 0.3 is 0 Å². The fourth-order valence-corrected chi connectivity index (χ4v) is 3.88. The van der Waals surface area contributed by atoms with E-state index in [1.807, 2.05) is 19.1 Å². The third-order valence-corrected chi connectivity index (χ3v) is 4.85. The van der Waals surface area contributed by atoms with Crippen LogP contribution in [0.2, 0.25) is 0 Å². The van der Waals surface area contributed by atoms with Gasteiger partial charge in [0.15, 0.2) is 9.84 Å². The highest BCUT2D eigenvalue weighted by Crippen LogP contribution is 2.19. The topological polar surface area (TPSA) is 59.3 Å². The van der Waals surface area contributed by atoms with E-state index in [0.717, 1.165) is 18.7 Å². The van der Waals surface area contributed by atoms with Gasteiger partial charge in [-0.3, -0.25) is 0 Å². The molecule has 1 aliphatic rings. The van der Waals surface area contributed by atoms with E-state index < -0.39 is 9.84 Å². The Bertz CT molecular complexity index is 424. The number of rotatable bonds is 4. The second-order valence-electron chi connectivity index (χ2n) is 4.41. The second kappa shape index (κ2) is 4.59. The Labute approximate surface area is 95.9 Å². The first-order valence-corrected chi connectivity index (χ1v) is 7.36. The maximum absolute atomic E-state index is 11.3. The van der Waals surface area contributed by atoms with Crippen molar-refractivity contribution in [1.82, 2.24) is 5.32 Å². The van der Waals surface area contributed by atoms with Crippen molar-refractivity contribution < 1.29 is 12.8 Å². The van der Waals surface area contributed by atoms with Crippen molar-refractivity contribution >= 4 is 9.84 Å². The van der Waals surface area contributed by atoms with Crippen LogP contribution in [0.25, 0.3) is 0 Å². The molecule has 1 aromatic rings. The summed E-state index contributed by atoms with van der Waals surface area (Å²) in [6.07, 6.45) is 2.42. The average molecular weight is 243 g/mol. The van der Waals surface area contributed by atoms with Crippen molar-refractivity contribution in [2.75, 3.05) is 18.1 Å². The predicted octanol–water partition coefficient (Wildman–Crippen LogP) is 1.36. The Morgan fingerprint density at radius 2 is 2.44 bits per heavy atom. The summed E-state index contributed by atoms with van der Waals surface area (Å²) in [5.74, 6) is 1.81. The van der Waals surface area contributed by atoms with Crippen molar-refractivity contribution in [3.8, 4) is 0 Å². The first kappa shape index (κ1) is 11.7. The fourth-order valence-electron chi connectivity index (χ4n) is 2.01. The summed E-state index contributed by atoms with van der Waals surface area (Å²) in [5.41, 5.74) is 0. The highest BCUT2D eigenvalue weighted by Gasteiger charge is 2.27. The second-order valence-corrected chi connectivity index (χ2v) is 6.64. The van der Waals surface area contributed by atoms with Crippen molar-refractivity contribution in [2.24, 2.45) is 5.92 Å². The lowest BCUT2D eigenvalue weighted by molar-refractivity contribution is 0.405. The number of hydrogen-bond acceptors (Lipinski definition) is 4. The van der Waals surface area contributed by atoms with Gasteiger partial charge in [-0.25, -0.2) is 8.42 Å². The van der Waals surface area contributed by atoms with Gasteiger partial charge in [-0.15, -0.1) is 0 Å². The summed E-state index contributed by atoms with van der Waals surface area (Å²) in [6.45, 7) is 2.75. The molecule has 1 fully saturated rings. The number of nitrogens with one attached hydrogen (secondary N) is 1. The standard InChI is InChI=1S/C11H17NO3S/c1-9(11-3-2-5-15-11)12-7-10-4-6-16(13,14)8-10/h2-3,5,9-10,12H,4,6-8H2,1H3. The Kier molecular flexibility index (Phi) is 3.35. The molecule has 0 amide bonds. The van der Waals surface area contributed by atoms with E-state index in [0.29, 0.717) is 11.5 Å². The summed E-state index contributed by atoms with van der Waals surface area (Å²) in [6, 6.07) is 3.91. The fraction of sp³-hybridized carbons (Fsp3) is 0.636. The van der Waals surface area contributed by atoms with E-state index in [2.05, 4.69) is 5.32 Å². The lowest BCUT2D eigenvalue weighted by atomic mass is 10.1. The number of sulfone groups is 1. The number of hydrogen-bond donors (Lipinski definition) is 1. The van der Waals surface area contributed by atoms with Crippen LogP contribution in [0, 0.1) is 5.92 Å². The molecule has 0 bridgehead atoms. The molecule has 5 heteroatoms. The maximum Gasteiger partial charge on any atom is 0.150 e. The summed E-state index contributed by atoms with van der Waals surface area (Å²) in [7, 11) is -2.76. The SMILES string of the molecule is CC(NCC1CCS(=O)(=O)C1)c1ccco1. The lowest BCUT2D eigenvalue weighted by Gasteiger charge is -2.14. The van der Waals surface area contributed by atoms with Gasteiger partial charge in [0.1, 0.15) is 5.76 Å². The molecule has 16 heavy (non-hydrogen) atoms. The van der Waals surface area contributed by atoms with Crippen LogP contribution < -0.4 is 5.32 Å². The zero-order valence-corrected chi connectivity index (χ0v) is 10.2. The van der Waals surface area contributed by atoms with Crippen LogP contribution >= 0.6 is 0 Å². The van der Waals surface area contributed by atoms with Crippen LogP contribution in [0.1, 0.15) is 25.1 Å². The summed E-state index contributed by atoms with van der Waals surface area (Å²) in [4.78, 5) is 0. The van der Waals surface area contributed by atoms with Crippen LogP contribution in [0.5, 0.6) is 0 Å². The molecule has 2 atom stereocenters. The van der Waals surface area contributed by atoms with E-state index in [9.17, 15) is 8.42 Å². The minimum atomic E-state index is -2.76. The van der Waals surface area contributed by atoms with Crippen LogP contribution in [-0.2, 0) is 9.84 Å². The van der Waals surface area contributed by atoms with Crippen molar-refractivity contribution in [3.05, 3.63) is 24.2 Å². The minimum Gasteiger partial charge on any atom is -0.468 e. The van der Waals surface area contributed by atoms with Crippen LogP contribution in [0.15, 0.2) is 22.8 Å². The molecule has 1 N–H and O–H groups in total. The molecule has 0 aromatic carbocycles. The maximum atomic E-state index is 11.3. The normalized spacial score (nSPS) is 25.7. The molecule has 2 heterocycles. The molecule has 0 spiro atoms. The molecule has 1 saturated heterocycles. The molecule has 0 saturated carbocycles. The smallest absolute Gasteiger partial charge is 0.150 e. The summed E-state index contributed by atoms with van der Waals surface area (Å²) < 4.78 is 27.8. The molecule has 0 aliphatic carbocycles. The Hall–Kier alpha value is -0.810. The monoisotopic (exact) mass is 243 g/mol. The Morgan fingerprint density at radius 3 is 3.00 bits per heavy atom. The van der Waals surface area contributed by atoms with Crippen LogP contribution in [0.4, 0.5) is 0 Å². The third-order valence-electron chi connectivity index (χ3n) is 3.01. The van der Waals surface area contributed by atoms with Crippen LogP contribution in [0.3, 0.4) is 0 Å². The third kappa shape index (κ3) is 2.86. The quantitative estimate of drug-likeness (QED) is 0.867. The van der Waals surface area contributed by atoms with Gasteiger partial charge in [0.05, 0.1) is 23.8 Å². The summed E-state index contributed by atoms with van der Waals surface area (Å²) in [5, 5.41) is 3.31. The van der Waals surface area contributed by atoms with E-state index in [-0.39, 0.29) is 12.0 Å². The Morgan fingerprint density at radius 1 is 1.62 bits per heavy atom. The van der Waals surface area contributed by atoms with Gasteiger partial charge in [-0.1, -0.05) is 0 Å². The van der Waals surface area contributed by atoms with Gasteiger partial charge in [0, 0.05) is 0 Å². The van der Waals surface area contributed by atoms with E-state index in [1.165, 1.54) is 0 Å². The highest BCUT2D eigenvalue weighted by molar-refractivity contribution is 7.91. The van der Waals surface area contributed by atoms with Gasteiger partial charge in [-0.05, 0) is 37.9 Å². The first-order chi connectivity index (χ1) is 7.57. The van der Waals surface area contributed by atoms with E-state index >= 15 is 0 Å². The Balaban J connectivity index is 1.80. The van der Waals surface area contributed by atoms with Gasteiger partial charge in [0.25, 0.3) is 0 Å². The first-order valence-electron chi connectivity index (χ1n) is 5.54. The van der Waals surface area contributed by atoms with Crippen molar-refractivity contribution in [3.63, 3.8) is 0 Å². The van der Waals surface area contributed by atoms with Gasteiger partial charge in [0.2, 0.25) is 0 Å². The van der Waals surface area contributed by atoms with Gasteiger partial charge < -0.3 is 9.73 Å². The van der Waals surface area contributed by atoms with E-state index in [4.69, 9.17) is 4.42 Å². The number of furan rings is 1. The lowest BCUT2D eigenvalue weighted by Crippen LogP contribution is -2.26. The van der Waals surface area contributed by atoms with Crippen molar-refractivity contribution in [2.45, 2.75) is 19.4 Å². The molecule has 90 valence electrons. The average Bonchev–Trinajstić information content (AvgIpc) is 2.83. The molecule has 1 aromatic heterocycles. The molecule has 1 aliphatic heterocycles. The van der Waals surface area contributed by atoms with Crippen LogP contribution in [-0.4, -0.2) is 26.5 Å².